The summed E-state index contributed by atoms with van der Waals surface area (Å²) in [6, 6.07) is -0.113. The van der Waals surface area contributed by atoms with Gasteiger partial charge in [-0.15, -0.1) is 0 Å². The Hall–Kier alpha value is -1.73. The molecular formula is C14H23N5O2. The van der Waals surface area contributed by atoms with Gasteiger partial charge in [0.15, 0.2) is 11.5 Å². The van der Waals surface area contributed by atoms with Gasteiger partial charge in [-0.25, -0.2) is 15.0 Å². The van der Waals surface area contributed by atoms with E-state index in [1.807, 2.05) is 4.57 Å². The number of nitrogens with two attached hydrogens (primary N) is 1. The number of aliphatic hydroxyl groups excluding tert-OH is 2. The topological polar surface area (TPSA) is 110 Å². The van der Waals surface area contributed by atoms with Gasteiger partial charge in [0.2, 0.25) is 0 Å². The second-order valence-corrected chi connectivity index (χ2v) is 5.52. The minimum atomic E-state index is -0.523. The van der Waals surface area contributed by atoms with Gasteiger partial charge >= 0.3 is 0 Å². The van der Waals surface area contributed by atoms with Crippen molar-refractivity contribution < 1.29 is 10.2 Å². The molecule has 0 aromatic carbocycles. The van der Waals surface area contributed by atoms with Crippen LogP contribution < -0.4 is 5.73 Å². The molecule has 0 aliphatic heterocycles. The highest BCUT2D eigenvalue weighted by Gasteiger charge is 2.20. The number of hydrogen-bond donors (Lipinski definition) is 3. The molecule has 116 valence electrons. The van der Waals surface area contributed by atoms with Crippen molar-refractivity contribution in [3.63, 3.8) is 0 Å². The number of aromatic nitrogens is 4. The first kappa shape index (κ1) is 15.7. The zero-order valence-corrected chi connectivity index (χ0v) is 12.5. The second-order valence-electron chi connectivity index (χ2n) is 5.52. The fourth-order valence-corrected chi connectivity index (χ4v) is 2.52. The Morgan fingerprint density at radius 2 is 1.86 bits per heavy atom. The van der Waals surface area contributed by atoms with Crippen LogP contribution in [0.15, 0.2) is 12.7 Å². The summed E-state index contributed by atoms with van der Waals surface area (Å²) in [6.45, 7) is 3.55. The minimum absolute atomic E-state index is 0.113. The van der Waals surface area contributed by atoms with Crippen LogP contribution in [0.1, 0.15) is 45.6 Å². The lowest BCUT2D eigenvalue weighted by atomic mass is 10.0. The minimum Gasteiger partial charge on any atom is -0.393 e. The van der Waals surface area contributed by atoms with Gasteiger partial charge in [0, 0.05) is 0 Å². The number of nitrogen functional groups attached to an aromatic ring is 1. The molecule has 4 N–H and O–H groups in total. The molecule has 3 unspecified atom stereocenters. The number of unbranched alkanes of at least 4 members (excludes halogenated alkanes) is 1. The molecule has 21 heavy (non-hydrogen) atoms. The van der Waals surface area contributed by atoms with E-state index in [-0.39, 0.29) is 12.1 Å². The number of nitrogens with zero attached hydrogens (tertiary/aromatic N) is 4. The monoisotopic (exact) mass is 293 g/mol. The van der Waals surface area contributed by atoms with Crippen LogP contribution in [0.25, 0.3) is 11.2 Å². The largest absolute Gasteiger partial charge is 0.393 e. The van der Waals surface area contributed by atoms with E-state index in [9.17, 15) is 10.2 Å². The zero-order valence-electron chi connectivity index (χ0n) is 12.5. The molecule has 0 bridgehead atoms. The Bertz CT molecular complexity index is 582. The molecule has 0 saturated carbocycles. The van der Waals surface area contributed by atoms with Crippen LogP contribution >= 0.6 is 0 Å². The molecule has 0 aliphatic carbocycles. The van der Waals surface area contributed by atoms with Gasteiger partial charge in [0.25, 0.3) is 0 Å². The van der Waals surface area contributed by atoms with Gasteiger partial charge in [0.05, 0.1) is 24.6 Å². The van der Waals surface area contributed by atoms with Crippen LogP contribution in [0.4, 0.5) is 5.82 Å². The van der Waals surface area contributed by atoms with Gasteiger partial charge in [0.1, 0.15) is 11.8 Å². The third-order valence-corrected chi connectivity index (χ3v) is 3.67. The molecule has 7 nitrogen and oxygen atoms in total. The van der Waals surface area contributed by atoms with Crippen molar-refractivity contribution in [3.8, 4) is 0 Å². The Morgan fingerprint density at radius 3 is 2.52 bits per heavy atom. The van der Waals surface area contributed by atoms with E-state index in [0.29, 0.717) is 17.0 Å². The number of fused-ring (bicyclic) bond motifs is 1. The van der Waals surface area contributed by atoms with E-state index in [4.69, 9.17) is 5.73 Å². The fraction of sp³-hybridized carbons (Fsp3) is 0.643. The van der Waals surface area contributed by atoms with Gasteiger partial charge < -0.3 is 20.5 Å². The van der Waals surface area contributed by atoms with Crippen LogP contribution in [-0.2, 0) is 0 Å². The summed E-state index contributed by atoms with van der Waals surface area (Å²) in [5.41, 5.74) is 6.99. The van der Waals surface area contributed by atoms with Crippen molar-refractivity contribution in [1.82, 2.24) is 19.5 Å². The first-order chi connectivity index (χ1) is 10.0. The zero-order chi connectivity index (χ0) is 15.4. The van der Waals surface area contributed by atoms with Crippen LogP contribution in [0.5, 0.6) is 0 Å². The molecule has 2 aromatic heterocycles. The van der Waals surface area contributed by atoms with E-state index in [2.05, 4.69) is 15.0 Å². The predicted octanol–water partition coefficient (Wildman–Crippen LogP) is 1.27. The van der Waals surface area contributed by atoms with Gasteiger partial charge in [-0.1, -0.05) is 12.8 Å². The molecular weight excluding hydrogens is 270 g/mol. The molecule has 0 radical (unpaired) electrons. The highest BCUT2D eigenvalue weighted by atomic mass is 16.3. The standard InChI is InChI=1S/C14H23N5O2/c1-9(20)5-3-4-6-11(10(2)21)19-8-18-12-13(15)16-7-17-14(12)19/h7-11,20-21H,3-6H2,1-2H3,(H2,15,16,17). The van der Waals surface area contributed by atoms with Crippen LogP contribution in [0, 0.1) is 0 Å². The van der Waals surface area contributed by atoms with Gasteiger partial charge in [-0.3, -0.25) is 0 Å². The van der Waals surface area contributed by atoms with Crippen molar-refractivity contribution in [2.45, 2.75) is 57.8 Å². The van der Waals surface area contributed by atoms with Gasteiger partial charge in [-0.2, -0.15) is 0 Å². The number of aliphatic hydroxyl groups is 2. The van der Waals surface area contributed by atoms with E-state index < -0.39 is 6.10 Å². The average Bonchev–Trinajstić information content (AvgIpc) is 2.83. The molecule has 2 aromatic rings. The number of rotatable bonds is 7. The summed E-state index contributed by atoms with van der Waals surface area (Å²) in [7, 11) is 0. The van der Waals surface area contributed by atoms with Crippen molar-refractivity contribution in [3.05, 3.63) is 12.7 Å². The molecule has 3 atom stereocenters. The molecule has 0 spiro atoms. The van der Waals surface area contributed by atoms with Crippen molar-refractivity contribution in [1.29, 1.82) is 0 Å². The summed E-state index contributed by atoms with van der Waals surface area (Å²) < 4.78 is 1.86. The highest BCUT2D eigenvalue weighted by Crippen LogP contribution is 2.25. The number of hydrogen-bond acceptors (Lipinski definition) is 6. The second kappa shape index (κ2) is 6.82. The van der Waals surface area contributed by atoms with Crippen molar-refractivity contribution in [2.75, 3.05) is 5.73 Å². The Morgan fingerprint density at radius 1 is 1.14 bits per heavy atom. The van der Waals surface area contributed by atoms with E-state index in [0.717, 1.165) is 25.7 Å². The molecule has 0 amide bonds. The fourth-order valence-electron chi connectivity index (χ4n) is 2.52. The quantitative estimate of drug-likeness (QED) is 0.663. The maximum Gasteiger partial charge on any atom is 0.165 e. The van der Waals surface area contributed by atoms with Crippen LogP contribution in [-0.4, -0.2) is 41.9 Å². The lowest BCUT2D eigenvalue weighted by Gasteiger charge is -2.22. The molecule has 0 fully saturated rings. The Kier molecular flexibility index (Phi) is 5.08. The molecule has 0 saturated heterocycles. The first-order valence-electron chi connectivity index (χ1n) is 7.30. The normalized spacial score (nSPS) is 16.0. The van der Waals surface area contributed by atoms with E-state index in [1.165, 1.54) is 6.33 Å². The van der Waals surface area contributed by atoms with E-state index in [1.54, 1.807) is 20.2 Å². The highest BCUT2D eigenvalue weighted by molar-refractivity contribution is 5.81. The molecule has 7 heteroatoms. The number of anilines is 1. The lowest BCUT2D eigenvalue weighted by molar-refractivity contribution is 0.122. The summed E-state index contributed by atoms with van der Waals surface area (Å²) in [5.74, 6) is 0.345. The average molecular weight is 293 g/mol. The van der Waals surface area contributed by atoms with Gasteiger partial charge in [-0.05, 0) is 26.7 Å². The van der Waals surface area contributed by atoms with Crippen molar-refractivity contribution in [2.24, 2.45) is 0 Å². The molecule has 2 rings (SSSR count). The summed E-state index contributed by atoms with van der Waals surface area (Å²) in [4.78, 5) is 12.4. The summed E-state index contributed by atoms with van der Waals surface area (Å²) >= 11 is 0. The smallest absolute Gasteiger partial charge is 0.165 e. The van der Waals surface area contributed by atoms with E-state index >= 15 is 0 Å². The Balaban J connectivity index is 2.15. The maximum absolute atomic E-state index is 10.0. The third-order valence-electron chi connectivity index (χ3n) is 3.67. The van der Waals surface area contributed by atoms with Crippen LogP contribution in [0.3, 0.4) is 0 Å². The third kappa shape index (κ3) is 3.68. The summed E-state index contributed by atoms with van der Waals surface area (Å²) in [5, 5.41) is 19.3. The molecule has 2 heterocycles. The lowest BCUT2D eigenvalue weighted by Crippen LogP contribution is -2.21. The first-order valence-corrected chi connectivity index (χ1v) is 7.30. The Labute approximate surface area is 123 Å². The van der Waals surface area contributed by atoms with Crippen molar-refractivity contribution >= 4 is 17.0 Å². The maximum atomic E-state index is 10.0. The SMILES string of the molecule is CC(O)CCCCC(C(C)O)n1cnc2c(N)ncnc21. The van der Waals surface area contributed by atoms with Crippen LogP contribution in [0.2, 0.25) is 0 Å². The molecule has 0 aliphatic rings. The summed E-state index contributed by atoms with van der Waals surface area (Å²) in [6.07, 6.45) is 5.66. The predicted molar refractivity (Wildman–Crippen MR) is 80.6 cm³/mol. The number of imidazole rings is 1.